The highest BCUT2D eigenvalue weighted by atomic mass is 15.0. The lowest BCUT2D eigenvalue weighted by Gasteiger charge is -2.09. The number of pyridine rings is 1. The molecule has 116 valence electrons. The summed E-state index contributed by atoms with van der Waals surface area (Å²) in [7, 11) is 0. The van der Waals surface area contributed by atoms with Crippen LogP contribution in [0.3, 0.4) is 0 Å². The smallest absolute Gasteiger partial charge is 0.103 e. The highest BCUT2D eigenvalue weighted by Crippen LogP contribution is 2.08. The quantitative estimate of drug-likeness (QED) is 0.469. The average Bonchev–Trinajstić information content (AvgIpc) is 2.51. The Labute approximate surface area is 130 Å². The van der Waals surface area contributed by atoms with Crippen LogP contribution in [0.4, 0.5) is 0 Å². The van der Waals surface area contributed by atoms with Gasteiger partial charge in [0.1, 0.15) is 5.84 Å². The number of amidine groups is 1. The summed E-state index contributed by atoms with van der Waals surface area (Å²) in [4.78, 5) is 8.30. The fourth-order valence-corrected chi connectivity index (χ4v) is 1.16. The number of hydrogen-bond acceptors (Lipinski definition) is 2. The molecule has 0 radical (unpaired) electrons. The van der Waals surface area contributed by atoms with Crippen LogP contribution < -0.4 is 5.32 Å². The fraction of sp³-hybridized carbons (Fsp3) is 0.333. The molecule has 0 amide bonds. The second-order valence-corrected chi connectivity index (χ2v) is 3.77. The van der Waals surface area contributed by atoms with Crippen molar-refractivity contribution in [2.45, 2.75) is 41.5 Å². The van der Waals surface area contributed by atoms with Crippen molar-refractivity contribution in [3.8, 4) is 0 Å². The molecule has 0 spiro atoms. The Morgan fingerprint density at radius 2 is 1.67 bits per heavy atom. The third-order valence-electron chi connectivity index (χ3n) is 2.14. The monoisotopic (exact) mass is 287 g/mol. The predicted octanol–water partition coefficient (Wildman–Crippen LogP) is 5.20. The fourth-order valence-electron chi connectivity index (χ4n) is 1.16. The second kappa shape index (κ2) is 12.9. The molecular formula is C18H29N3. The van der Waals surface area contributed by atoms with E-state index in [1.807, 2.05) is 53.7 Å². The zero-order chi connectivity index (χ0) is 16.8. The van der Waals surface area contributed by atoms with Gasteiger partial charge in [-0.05, 0) is 31.6 Å². The minimum Gasteiger partial charge on any atom is -0.344 e. The molecule has 0 saturated heterocycles. The molecule has 0 fully saturated rings. The Morgan fingerprint density at radius 3 is 2.10 bits per heavy atom. The number of nitrogens with zero attached hydrogens (tertiary/aromatic N) is 2. The highest BCUT2D eigenvalue weighted by molar-refractivity contribution is 5.89. The summed E-state index contributed by atoms with van der Waals surface area (Å²) in [6, 6.07) is 3.80. The molecule has 1 N–H and O–H groups in total. The van der Waals surface area contributed by atoms with Crippen molar-refractivity contribution in [2.75, 3.05) is 0 Å². The van der Waals surface area contributed by atoms with Crippen LogP contribution in [0.25, 0.3) is 5.70 Å². The molecule has 1 heterocycles. The van der Waals surface area contributed by atoms with Crippen molar-refractivity contribution in [1.82, 2.24) is 10.3 Å². The molecule has 0 bridgehead atoms. The number of rotatable bonds is 4. The Bertz CT molecular complexity index is 470. The van der Waals surface area contributed by atoms with E-state index in [0.29, 0.717) is 5.70 Å². The number of nitrogens with one attached hydrogen (secondary N) is 1. The van der Waals surface area contributed by atoms with E-state index in [9.17, 15) is 0 Å². The van der Waals surface area contributed by atoms with Gasteiger partial charge in [0, 0.05) is 23.7 Å². The highest BCUT2D eigenvalue weighted by Gasteiger charge is 2.00. The van der Waals surface area contributed by atoms with Gasteiger partial charge in [-0.15, -0.1) is 0 Å². The Hall–Kier alpha value is -2.16. The van der Waals surface area contributed by atoms with E-state index in [2.05, 4.69) is 35.0 Å². The van der Waals surface area contributed by atoms with Crippen LogP contribution in [0.5, 0.6) is 0 Å². The first-order valence-corrected chi connectivity index (χ1v) is 7.27. The van der Waals surface area contributed by atoms with Crippen LogP contribution in [0.15, 0.2) is 60.5 Å². The van der Waals surface area contributed by atoms with Gasteiger partial charge in [-0.2, -0.15) is 0 Å². The topological polar surface area (TPSA) is 37.3 Å². The Kier molecular flexibility index (Phi) is 12.9. The van der Waals surface area contributed by atoms with E-state index < -0.39 is 0 Å². The van der Waals surface area contributed by atoms with Crippen molar-refractivity contribution in [2.24, 2.45) is 4.99 Å². The maximum Gasteiger partial charge on any atom is 0.103 e. The molecule has 1 rings (SSSR count). The third kappa shape index (κ3) is 9.38. The standard InChI is InChI=1S/C14H17N3.2C2H6/c1-10(2)11(3)16-13(5)17-12(4)14-7-6-8-15-9-14;2*1-2/h6-9H,1,3-4H2,2,5H3,(H,16,17);2*1-2H3. The molecule has 0 aliphatic heterocycles. The molecule has 1 aromatic rings. The first-order chi connectivity index (χ1) is 10.0. The van der Waals surface area contributed by atoms with Gasteiger partial charge in [0.25, 0.3) is 0 Å². The van der Waals surface area contributed by atoms with E-state index in [-0.39, 0.29) is 0 Å². The summed E-state index contributed by atoms with van der Waals surface area (Å²) in [5.74, 6) is 0.729. The van der Waals surface area contributed by atoms with Crippen molar-refractivity contribution in [3.63, 3.8) is 0 Å². The van der Waals surface area contributed by atoms with Crippen LogP contribution in [-0.2, 0) is 0 Å². The largest absolute Gasteiger partial charge is 0.344 e. The third-order valence-corrected chi connectivity index (χ3v) is 2.14. The summed E-state index contributed by atoms with van der Waals surface area (Å²) in [5, 5.41) is 3.10. The normalized spacial score (nSPS) is 9.33. The van der Waals surface area contributed by atoms with E-state index in [1.54, 1.807) is 12.4 Å². The number of aliphatic imine (C=N–C) groups is 1. The molecule has 3 heteroatoms. The van der Waals surface area contributed by atoms with E-state index in [1.165, 1.54) is 0 Å². The molecule has 0 saturated carbocycles. The molecular weight excluding hydrogens is 258 g/mol. The minimum atomic E-state index is 0.661. The maximum atomic E-state index is 4.27. The van der Waals surface area contributed by atoms with Crippen LogP contribution in [-0.4, -0.2) is 10.8 Å². The summed E-state index contributed by atoms with van der Waals surface area (Å²) < 4.78 is 0. The van der Waals surface area contributed by atoms with Crippen molar-refractivity contribution in [1.29, 1.82) is 0 Å². The maximum absolute atomic E-state index is 4.27. The van der Waals surface area contributed by atoms with Gasteiger partial charge in [0.05, 0.1) is 5.70 Å². The van der Waals surface area contributed by atoms with E-state index >= 15 is 0 Å². The minimum absolute atomic E-state index is 0.661. The van der Waals surface area contributed by atoms with Crippen molar-refractivity contribution in [3.05, 3.63) is 61.1 Å². The van der Waals surface area contributed by atoms with Gasteiger partial charge < -0.3 is 5.32 Å². The average molecular weight is 287 g/mol. The van der Waals surface area contributed by atoms with Crippen LogP contribution in [0.1, 0.15) is 47.1 Å². The molecule has 21 heavy (non-hydrogen) atoms. The Balaban J connectivity index is 0. The lowest BCUT2D eigenvalue weighted by molar-refractivity contribution is 1.20. The van der Waals surface area contributed by atoms with Crippen molar-refractivity contribution >= 4 is 11.5 Å². The molecule has 0 aromatic carbocycles. The van der Waals surface area contributed by atoms with Gasteiger partial charge in [0.2, 0.25) is 0 Å². The van der Waals surface area contributed by atoms with Crippen molar-refractivity contribution < 1.29 is 0 Å². The molecule has 0 unspecified atom stereocenters. The molecule has 1 aromatic heterocycles. The lowest BCUT2D eigenvalue weighted by atomic mass is 10.2. The molecule has 3 nitrogen and oxygen atoms in total. The van der Waals surface area contributed by atoms with Gasteiger partial charge in [-0.1, -0.05) is 47.4 Å². The van der Waals surface area contributed by atoms with Crippen LogP contribution in [0.2, 0.25) is 0 Å². The zero-order valence-electron chi connectivity index (χ0n) is 14.3. The van der Waals surface area contributed by atoms with Crippen LogP contribution in [0, 0.1) is 0 Å². The summed E-state index contributed by atoms with van der Waals surface area (Å²) in [6.45, 7) is 23.2. The van der Waals surface area contributed by atoms with E-state index in [4.69, 9.17) is 0 Å². The zero-order valence-corrected chi connectivity index (χ0v) is 14.3. The van der Waals surface area contributed by atoms with Crippen LogP contribution >= 0.6 is 0 Å². The SMILES string of the molecule is C=C(C)C(=C)N=C(C)NC(=C)c1cccnc1.CC.CC. The van der Waals surface area contributed by atoms with Gasteiger partial charge in [-0.25, -0.2) is 4.99 Å². The lowest BCUT2D eigenvalue weighted by Crippen LogP contribution is -2.18. The first kappa shape index (κ1) is 21.1. The number of aromatic nitrogens is 1. The predicted molar refractivity (Wildman–Crippen MR) is 96.2 cm³/mol. The van der Waals surface area contributed by atoms with Gasteiger partial charge in [0.15, 0.2) is 0 Å². The summed E-state index contributed by atoms with van der Waals surface area (Å²) >= 11 is 0. The summed E-state index contributed by atoms with van der Waals surface area (Å²) in [6.07, 6.45) is 3.47. The molecule has 0 aliphatic carbocycles. The molecule has 0 aliphatic rings. The number of allylic oxidation sites excluding steroid dienone is 1. The van der Waals surface area contributed by atoms with E-state index in [0.717, 1.165) is 22.7 Å². The second-order valence-electron chi connectivity index (χ2n) is 3.77. The Morgan fingerprint density at radius 1 is 1.10 bits per heavy atom. The summed E-state index contributed by atoms with van der Waals surface area (Å²) in [5.41, 5.74) is 3.20. The first-order valence-electron chi connectivity index (χ1n) is 7.27. The number of hydrogen-bond donors (Lipinski definition) is 1. The van der Waals surface area contributed by atoms with Gasteiger partial charge in [-0.3, -0.25) is 4.98 Å². The molecule has 0 atom stereocenters. The van der Waals surface area contributed by atoms with Gasteiger partial charge >= 0.3 is 0 Å².